The minimum Gasteiger partial charge on any atom is -0.302 e. The van der Waals surface area contributed by atoms with Crippen LogP contribution < -0.4 is 5.43 Å². The molecule has 2 heteroatoms. The maximum atomic E-state index is 4.68. The van der Waals surface area contributed by atoms with Crippen molar-refractivity contribution in [2.24, 2.45) is 11.0 Å². The molecule has 2 nitrogen and oxygen atoms in total. The Hall–Kier alpha value is -2.09. The molecule has 2 aromatic rings. The minimum absolute atomic E-state index is 0.331. The van der Waals surface area contributed by atoms with E-state index < -0.39 is 0 Å². The number of hydrogen-bond acceptors (Lipinski definition) is 2. The van der Waals surface area contributed by atoms with Crippen molar-refractivity contribution in [3.05, 3.63) is 71.3 Å². The van der Waals surface area contributed by atoms with Gasteiger partial charge in [0.2, 0.25) is 0 Å². The Morgan fingerprint density at radius 3 is 2.65 bits per heavy atom. The average molecular weight is 262 g/mol. The van der Waals surface area contributed by atoms with Gasteiger partial charge in [0.1, 0.15) is 0 Å². The van der Waals surface area contributed by atoms with Gasteiger partial charge in [0.15, 0.2) is 0 Å². The Bertz CT molecular complexity index is 645. The summed E-state index contributed by atoms with van der Waals surface area (Å²) in [6, 6.07) is 19.8. The highest BCUT2D eigenvalue weighted by Crippen LogP contribution is 2.37. The molecule has 0 amide bonds. The topological polar surface area (TPSA) is 24.4 Å². The van der Waals surface area contributed by atoms with Gasteiger partial charge in [-0.1, -0.05) is 54.6 Å². The fourth-order valence-electron chi connectivity index (χ4n) is 3.50. The summed E-state index contributed by atoms with van der Waals surface area (Å²) in [5.74, 6) is 0.501. The van der Waals surface area contributed by atoms with Crippen molar-refractivity contribution in [2.75, 3.05) is 0 Å². The van der Waals surface area contributed by atoms with Crippen LogP contribution in [0, 0.1) is 5.92 Å². The molecular formula is C18H18N2. The maximum absolute atomic E-state index is 4.68. The SMILES string of the molecule is c1ccc([C@H]2NN=C3c4ccccc4CCC[C@@H]32)cc1. The number of hydrogen-bond donors (Lipinski definition) is 1. The van der Waals surface area contributed by atoms with Crippen molar-refractivity contribution in [3.63, 3.8) is 0 Å². The van der Waals surface area contributed by atoms with Crippen molar-refractivity contribution in [1.29, 1.82) is 0 Å². The van der Waals surface area contributed by atoms with E-state index in [0.29, 0.717) is 12.0 Å². The van der Waals surface area contributed by atoms with Gasteiger partial charge in [0.25, 0.3) is 0 Å². The highest BCUT2D eigenvalue weighted by Gasteiger charge is 2.35. The predicted octanol–water partition coefficient (Wildman–Crippen LogP) is 3.69. The van der Waals surface area contributed by atoms with Gasteiger partial charge in [-0.2, -0.15) is 5.10 Å². The molecule has 2 atom stereocenters. The third-order valence-electron chi connectivity index (χ3n) is 4.49. The number of fused-ring (bicyclic) bond motifs is 3. The summed E-state index contributed by atoms with van der Waals surface area (Å²) in [5, 5.41) is 4.68. The lowest BCUT2D eigenvalue weighted by Crippen LogP contribution is -2.21. The van der Waals surface area contributed by atoms with Crippen LogP contribution in [-0.2, 0) is 6.42 Å². The van der Waals surface area contributed by atoms with E-state index in [0.717, 1.165) is 0 Å². The quantitative estimate of drug-likeness (QED) is 0.833. The van der Waals surface area contributed by atoms with Gasteiger partial charge >= 0.3 is 0 Å². The van der Waals surface area contributed by atoms with Gasteiger partial charge in [-0.15, -0.1) is 0 Å². The van der Waals surface area contributed by atoms with Crippen molar-refractivity contribution in [3.8, 4) is 0 Å². The zero-order valence-corrected chi connectivity index (χ0v) is 11.4. The van der Waals surface area contributed by atoms with E-state index in [1.54, 1.807) is 0 Å². The minimum atomic E-state index is 0.331. The Morgan fingerprint density at radius 1 is 0.950 bits per heavy atom. The first-order chi connectivity index (χ1) is 9.93. The number of nitrogens with zero attached hydrogens (tertiary/aromatic N) is 1. The third kappa shape index (κ3) is 1.83. The second-order valence-corrected chi connectivity index (χ2v) is 5.67. The smallest absolute Gasteiger partial charge is 0.0774 e. The molecule has 0 aromatic heterocycles. The van der Waals surface area contributed by atoms with Gasteiger partial charge in [-0.05, 0) is 30.4 Å². The maximum Gasteiger partial charge on any atom is 0.0774 e. The van der Waals surface area contributed by atoms with Crippen LogP contribution in [0.25, 0.3) is 0 Å². The number of aryl methyl sites for hydroxylation is 1. The molecule has 0 spiro atoms. The first-order valence-corrected chi connectivity index (χ1v) is 7.40. The van der Waals surface area contributed by atoms with E-state index in [9.17, 15) is 0 Å². The van der Waals surface area contributed by atoms with Crippen molar-refractivity contribution >= 4 is 5.71 Å². The van der Waals surface area contributed by atoms with Crippen LogP contribution in [0.2, 0.25) is 0 Å². The molecule has 0 bridgehead atoms. The molecule has 4 rings (SSSR count). The summed E-state index contributed by atoms with van der Waals surface area (Å²) in [7, 11) is 0. The second kappa shape index (κ2) is 4.78. The van der Waals surface area contributed by atoms with Gasteiger partial charge < -0.3 is 5.43 Å². The van der Waals surface area contributed by atoms with Crippen LogP contribution in [0.3, 0.4) is 0 Å². The first-order valence-electron chi connectivity index (χ1n) is 7.40. The summed E-state index contributed by atoms with van der Waals surface area (Å²) >= 11 is 0. The van der Waals surface area contributed by atoms with Gasteiger partial charge in [-0.25, -0.2) is 0 Å². The van der Waals surface area contributed by atoms with Crippen molar-refractivity contribution < 1.29 is 0 Å². The molecule has 1 N–H and O–H groups in total. The van der Waals surface area contributed by atoms with E-state index in [4.69, 9.17) is 0 Å². The summed E-state index contributed by atoms with van der Waals surface area (Å²) in [4.78, 5) is 0. The number of rotatable bonds is 1. The molecule has 2 aromatic carbocycles. The third-order valence-corrected chi connectivity index (χ3v) is 4.49. The Balaban J connectivity index is 1.74. The second-order valence-electron chi connectivity index (χ2n) is 5.67. The molecule has 2 aliphatic rings. The van der Waals surface area contributed by atoms with E-state index in [1.165, 1.54) is 41.7 Å². The van der Waals surface area contributed by atoms with Crippen molar-refractivity contribution in [1.82, 2.24) is 5.43 Å². The molecule has 1 aliphatic carbocycles. The first kappa shape index (κ1) is 11.7. The lowest BCUT2D eigenvalue weighted by atomic mass is 9.86. The molecule has 0 unspecified atom stereocenters. The molecule has 0 fully saturated rings. The molecule has 100 valence electrons. The molecule has 0 saturated heterocycles. The van der Waals surface area contributed by atoms with Gasteiger partial charge in [-0.3, -0.25) is 0 Å². The van der Waals surface area contributed by atoms with Crippen LogP contribution in [0.4, 0.5) is 0 Å². The summed E-state index contributed by atoms with van der Waals surface area (Å²) in [6.07, 6.45) is 3.62. The van der Waals surface area contributed by atoms with E-state index >= 15 is 0 Å². The normalized spacial score (nSPS) is 24.1. The molecule has 1 aliphatic heterocycles. The van der Waals surface area contributed by atoms with E-state index in [2.05, 4.69) is 65.1 Å². The van der Waals surface area contributed by atoms with Gasteiger partial charge in [0.05, 0.1) is 11.8 Å². The lowest BCUT2D eigenvalue weighted by molar-refractivity contribution is 0.463. The van der Waals surface area contributed by atoms with E-state index in [-0.39, 0.29) is 0 Å². The highest BCUT2D eigenvalue weighted by molar-refractivity contribution is 6.05. The largest absolute Gasteiger partial charge is 0.302 e. The standard InChI is InChI=1S/C18H18N2/c1-2-8-14(9-3-1)17-16-12-6-10-13-7-4-5-11-15(13)18(16)20-19-17/h1-5,7-9,11,16-17,19H,6,10,12H2/t16-,17-/m1/s1. The molecular weight excluding hydrogens is 244 g/mol. The lowest BCUT2D eigenvalue weighted by Gasteiger charge is -2.19. The molecule has 20 heavy (non-hydrogen) atoms. The van der Waals surface area contributed by atoms with Crippen LogP contribution in [0.1, 0.15) is 35.6 Å². The van der Waals surface area contributed by atoms with Crippen LogP contribution in [-0.4, -0.2) is 5.71 Å². The highest BCUT2D eigenvalue weighted by atomic mass is 15.3. The summed E-state index contributed by atoms with van der Waals surface area (Å²) in [6.45, 7) is 0. The Morgan fingerprint density at radius 2 is 1.75 bits per heavy atom. The van der Waals surface area contributed by atoms with Crippen LogP contribution >= 0.6 is 0 Å². The Labute approximate surface area is 119 Å². The predicted molar refractivity (Wildman–Crippen MR) is 81.7 cm³/mol. The average Bonchev–Trinajstić information content (AvgIpc) is 2.84. The zero-order chi connectivity index (χ0) is 13.4. The van der Waals surface area contributed by atoms with Gasteiger partial charge in [0, 0.05) is 11.5 Å². The van der Waals surface area contributed by atoms with Crippen molar-refractivity contribution in [2.45, 2.75) is 25.3 Å². The molecule has 0 radical (unpaired) electrons. The molecule has 1 heterocycles. The number of benzene rings is 2. The number of hydrazone groups is 1. The van der Waals surface area contributed by atoms with Crippen LogP contribution in [0.15, 0.2) is 59.7 Å². The summed E-state index contributed by atoms with van der Waals surface area (Å²) < 4.78 is 0. The fraction of sp³-hybridized carbons (Fsp3) is 0.278. The van der Waals surface area contributed by atoms with Crippen LogP contribution in [0.5, 0.6) is 0 Å². The zero-order valence-electron chi connectivity index (χ0n) is 11.4. The Kier molecular flexibility index (Phi) is 2.80. The monoisotopic (exact) mass is 262 g/mol. The molecule has 0 saturated carbocycles. The fourth-order valence-corrected chi connectivity index (χ4v) is 3.50. The number of nitrogens with one attached hydrogen (secondary N) is 1. The summed E-state index contributed by atoms with van der Waals surface area (Å²) in [5.41, 5.74) is 8.77. The van der Waals surface area contributed by atoms with E-state index in [1.807, 2.05) is 0 Å².